The number of amides is 2. The number of nitrogens with zero attached hydrogens (tertiary/aromatic N) is 1. The topological polar surface area (TPSA) is 89.0 Å². The molecule has 0 aliphatic rings. The van der Waals surface area contributed by atoms with Crippen LogP contribution in [0.3, 0.4) is 0 Å². The number of nitrogens with one attached hydrogen (secondary N) is 2. The number of hydrogen-bond donors (Lipinski definition) is 2. The van der Waals surface area contributed by atoms with Gasteiger partial charge in [0.25, 0.3) is 5.91 Å². The Morgan fingerprint density at radius 1 is 1.21 bits per heavy atom. The molecule has 2 N–H and O–H groups in total. The average Bonchev–Trinajstić information content (AvgIpc) is 2.73. The van der Waals surface area contributed by atoms with Gasteiger partial charge in [-0.15, -0.1) is 6.42 Å². The summed E-state index contributed by atoms with van der Waals surface area (Å²) < 4.78 is 10.5. The van der Waals surface area contributed by atoms with E-state index in [0.29, 0.717) is 17.1 Å². The molecule has 2 amide bonds. The maximum Gasteiger partial charge on any atom is 0.262 e. The first-order valence-electron chi connectivity index (χ1n) is 8.94. The molecule has 0 spiro atoms. The highest BCUT2D eigenvalue weighted by molar-refractivity contribution is 5.89. The predicted octanol–water partition coefficient (Wildman–Crippen LogP) is 1.90. The lowest BCUT2D eigenvalue weighted by molar-refractivity contribution is -0.128. The van der Waals surface area contributed by atoms with Gasteiger partial charge in [0.1, 0.15) is 24.1 Å². The van der Waals surface area contributed by atoms with E-state index >= 15 is 0 Å². The molecule has 150 valence electrons. The summed E-state index contributed by atoms with van der Waals surface area (Å²) in [6.45, 7) is 1.72. The van der Waals surface area contributed by atoms with Crippen LogP contribution in [0, 0.1) is 12.3 Å². The maximum atomic E-state index is 12.1. The van der Waals surface area contributed by atoms with E-state index in [1.54, 1.807) is 50.4 Å². The van der Waals surface area contributed by atoms with E-state index in [1.807, 2.05) is 12.1 Å². The number of carbonyl (C=O) groups excluding carboxylic acids is 2. The summed E-state index contributed by atoms with van der Waals surface area (Å²) in [4.78, 5) is 24.3. The molecule has 0 saturated carbocycles. The fourth-order valence-electron chi connectivity index (χ4n) is 2.39. The second-order valence-electron chi connectivity index (χ2n) is 6.08. The number of benzene rings is 2. The van der Waals surface area contributed by atoms with Crippen molar-refractivity contribution in [1.29, 1.82) is 0 Å². The molecule has 0 saturated heterocycles. The summed E-state index contributed by atoms with van der Waals surface area (Å²) in [6, 6.07) is 13.6. The van der Waals surface area contributed by atoms with Crippen molar-refractivity contribution in [3.05, 3.63) is 59.7 Å². The first-order valence-corrected chi connectivity index (χ1v) is 8.94. The third-order valence-corrected chi connectivity index (χ3v) is 3.90. The molecule has 29 heavy (non-hydrogen) atoms. The Kier molecular flexibility index (Phi) is 8.27. The average molecular weight is 393 g/mol. The summed E-state index contributed by atoms with van der Waals surface area (Å²) in [7, 11) is 1.58. The number of methoxy groups -OCH3 is 1. The van der Waals surface area contributed by atoms with Crippen LogP contribution in [0.4, 0.5) is 0 Å². The Balaban J connectivity index is 1.84. The molecule has 2 aromatic carbocycles. The zero-order chi connectivity index (χ0) is 21.1. The Bertz CT molecular complexity index is 901. The van der Waals surface area contributed by atoms with E-state index in [1.165, 1.54) is 6.21 Å². The van der Waals surface area contributed by atoms with Gasteiger partial charge in [-0.25, -0.2) is 5.43 Å². The number of ether oxygens (including phenoxy) is 2. The monoisotopic (exact) mass is 393 g/mol. The minimum Gasteiger partial charge on any atom is -0.497 e. The van der Waals surface area contributed by atoms with Gasteiger partial charge in [0.2, 0.25) is 5.91 Å². The van der Waals surface area contributed by atoms with Crippen molar-refractivity contribution in [2.45, 2.75) is 19.4 Å². The molecule has 0 radical (unpaired) electrons. The summed E-state index contributed by atoms with van der Waals surface area (Å²) in [5.74, 6) is 2.96. The number of hydrogen-bond acceptors (Lipinski definition) is 5. The second kappa shape index (κ2) is 11.1. The minimum atomic E-state index is -0.745. The Labute approximate surface area is 170 Å². The van der Waals surface area contributed by atoms with Crippen LogP contribution >= 0.6 is 0 Å². The van der Waals surface area contributed by atoms with Crippen molar-refractivity contribution in [3.63, 3.8) is 0 Å². The predicted molar refractivity (Wildman–Crippen MR) is 111 cm³/mol. The lowest BCUT2D eigenvalue weighted by Gasteiger charge is -2.12. The summed E-state index contributed by atoms with van der Waals surface area (Å²) in [5.41, 5.74) is 3.89. The number of rotatable bonds is 9. The molecule has 0 aliphatic carbocycles. The fourth-order valence-corrected chi connectivity index (χ4v) is 2.39. The molecule has 2 rings (SSSR count). The molecule has 0 heterocycles. The summed E-state index contributed by atoms with van der Waals surface area (Å²) in [5, 5.41) is 6.56. The van der Waals surface area contributed by atoms with Crippen molar-refractivity contribution < 1.29 is 19.1 Å². The zero-order valence-corrected chi connectivity index (χ0v) is 16.3. The van der Waals surface area contributed by atoms with Crippen molar-refractivity contribution in [2.24, 2.45) is 5.10 Å². The Morgan fingerprint density at radius 2 is 1.93 bits per heavy atom. The van der Waals surface area contributed by atoms with Gasteiger partial charge in [0.05, 0.1) is 19.7 Å². The van der Waals surface area contributed by atoms with Gasteiger partial charge in [-0.1, -0.05) is 30.2 Å². The SMILES string of the molecule is C#CCOc1ccccc1C=NNC(=O)C(C)NC(=O)Cc1ccc(OC)cc1. The van der Waals surface area contributed by atoms with Crippen molar-refractivity contribution in [3.8, 4) is 23.8 Å². The molecular formula is C22H23N3O4. The number of terminal acetylenes is 1. The van der Waals surface area contributed by atoms with Crippen molar-refractivity contribution in [2.75, 3.05) is 13.7 Å². The molecule has 7 heteroatoms. The molecule has 0 fully saturated rings. The Hall–Kier alpha value is -3.79. The smallest absolute Gasteiger partial charge is 0.262 e. The molecular weight excluding hydrogens is 370 g/mol. The molecule has 0 bridgehead atoms. The normalized spacial score (nSPS) is 11.3. The highest BCUT2D eigenvalue weighted by Gasteiger charge is 2.15. The van der Waals surface area contributed by atoms with E-state index in [0.717, 1.165) is 5.56 Å². The summed E-state index contributed by atoms with van der Waals surface area (Å²) >= 11 is 0. The maximum absolute atomic E-state index is 12.1. The van der Waals surface area contributed by atoms with Crippen LogP contribution in [0.25, 0.3) is 0 Å². The van der Waals surface area contributed by atoms with Gasteiger partial charge in [-0.2, -0.15) is 5.10 Å². The molecule has 0 aromatic heterocycles. The lowest BCUT2D eigenvalue weighted by atomic mass is 10.1. The first-order chi connectivity index (χ1) is 14.0. The van der Waals surface area contributed by atoms with Gasteiger partial charge in [0, 0.05) is 5.56 Å². The van der Waals surface area contributed by atoms with E-state index in [-0.39, 0.29) is 18.9 Å². The first kappa shape index (κ1) is 21.5. The van der Waals surface area contributed by atoms with Crippen LogP contribution in [0.1, 0.15) is 18.1 Å². The third-order valence-electron chi connectivity index (χ3n) is 3.90. The Morgan fingerprint density at radius 3 is 2.62 bits per heavy atom. The quantitative estimate of drug-likeness (QED) is 0.387. The molecule has 0 aliphatic heterocycles. The number of para-hydroxylation sites is 1. The van der Waals surface area contributed by atoms with Crippen LogP contribution in [-0.2, 0) is 16.0 Å². The third kappa shape index (κ3) is 7.03. The van der Waals surface area contributed by atoms with Crippen molar-refractivity contribution >= 4 is 18.0 Å². The standard InChI is InChI=1S/C22H23N3O4/c1-4-13-29-20-8-6-5-7-18(20)15-23-25-22(27)16(2)24-21(26)14-17-9-11-19(28-3)12-10-17/h1,5-12,15-16H,13-14H2,2-3H3,(H,24,26)(H,25,27). The second-order valence-corrected chi connectivity index (χ2v) is 6.08. The highest BCUT2D eigenvalue weighted by Crippen LogP contribution is 2.15. The fraction of sp³-hybridized carbons (Fsp3) is 0.227. The minimum absolute atomic E-state index is 0.133. The van der Waals surface area contributed by atoms with E-state index < -0.39 is 11.9 Å². The van der Waals surface area contributed by atoms with Gasteiger partial charge in [0.15, 0.2) is 0 Å². The molecule has 2 aromatic rings. The molecule has 7 nitrogen and oxygen atoms in total. The van der Waals surface area contributed by atoms with E-state index in [4.69, 9.17) is 15.9 Å². The van der Waals surface area contributed by atoms with Gasteiger partial charge in [-0.3, -0.25) is 9.59 Å². The van der Waals surface area contributed by atoms with Crippen LogP contribution in [0.5, 0.6) is 11.5 Å². The molecule has 1 atom stereocenters. The highest BCUT2D eigenvalue weighted by atomic mass is 16.5. The van der Waals surface area contributed by atoms with Crippen molar-refractivity contribution in [1.82, 2.24) is 10.7 Å². The van der Waals surface area contributed by atoms with E-state index in [2.05, 4.69) is 21.8 Å². The number of carbonyl (C=O) groups is 2. The van der Waals surface area contributed by atoms with Crippen LogP contribution in [0.2, 0.25) is 0 Å². The zero-order valence-electron chi connectivity index (χ0n) is 16.3. The van der Waals surface area contributed by atoms with Gasteiger partial charge >= 0.3 is 0 Å². The van der Waals surface area contributed by atoms with E-state index in [9.17, 15) is 9.59 Å². The largest absolute Gasteiger partial charge is 0.497 e. The van der Waals surface area contributed by atoms with Crippen LogP contribution in [-0.4, -0.2) is 37.8 Å². The van der Waals surface area contributed by atoms with Crippen LogP contribution < -0.4 is 20.2 Å². The van der Waals surface area contributed by atoms with Crippen LogP contribution in [0.15, 0.2) is 53.6 Å². The van der Waals surface area contributed by atoms with Gasteiger partial charge in [-0.05, 0) is 36.8 Å². The molecule has 1 unspecified atom stereocenters. The lowest BCUT2D eigenvalue weighted by Crippen LogP contribution is -2.43. The summed E-state index contributed by atoms with van der Waals surface area (Å²) in [6.07, 6.45) is 6.81. The number of hydrazone groups is 1. The van der Waals surface area contributed by atoms with Gasteiger partial charge < -0.3 is 14.8 Å².